The summed E-state index contributed by atoms with van der Waals surface area (Å²) in [6.45, 7) is 6.84. The molecule has 54 heavy (non-hydrogen) atoms. The number of allylic oxidation sites excluding steroid dienone is 2. The highest BCUT2D eigenvalue weighted by atomic mass is 16.7. The lowest BCUT2D eigenvalue weighted by molar-refractivity contribution is -0.322. The second-order valence-corrected chi connectivity index (χ2v) is 16.2. The summed E-state index contributed by atoms with van der Waals surface area (Å²) in [4.78, 5) is 44.8. The van der Waals surface area contributed by atoms with Crippen molar-refractivity contribution in [2.75, 3.05) is 14.1 Å². The summed E-state index contributed by atoms with van der Waals surface area (Å²) >= 11 is 0. The molecule has 6 aliphatic rings. The molecule has 1 aromatic rings. The van der Waals surface area contributed by atoms with Crippen molar-refractivity contribution in [2.45, 2.75) is 145 Å². The maximum absolute atomic E-state index is 14.5. The van der Waals surface area contributed by atoms with Gasteiger partial charge in [0.05, 0.1) is 47.8 Å². The molecule has 1 aromatic carbocycles. The van der Waals surface area contributed by atoms with E-state index in [0.717, 1.165) is 0 Å². The number of ether oxygens (including phenoxy) is 5. The lowest BCUT2D eigenvalue weighted by atomic mass is 9.58. The molecular formula is C39H51NO14. The SMILES string of the molecule is CC1CC(=O)C2(O)C3=C(C=CC2(O[C@H]2C[C@H](N(C)C)[C@H](O[C@@H]4C[C@@H](O)[C@@H](O)[C@@H](C)O4)[C@H](C)O2)C1)C(=O)c1c(ccc([C@H]2C[C@@H](O)[C@H](O)[C@@H](C)O2)c1O)C3=O. The van der Waals surface area contributed by atoms with Crippen molar-refractivity contribution in [3.8, 4) is 5.75 Å². The van der Waals surface area contributed by atoms with Gasteiger partial charge in [-0.15, -0.1) is 0 Å². The van der Waals surface area contributed by atoms with E-state index < -0.39 is 107 Å². The average molecular weight is 758 g/mol. The van der Waals surface area contributed by atoms with E-state index in [9.17, 15) is 45.0 Å². The summed E-state index contributed by atoms with van der Waals surface area (Å²) < 4.78 is 31.1. The maximum Gasteiger partial charge on any atom is 0.198 e. The van der Waals surface area contributed by atoms with Gasteiger partial charge in [0.1, 0.15) is 29.7 Å². The standard InChI is InChI=1S/C39H51NO14/c1-16-11-27(43)39(49)31-22(35(47)30-21(36(31)48)8-7-20(34(30)46)26-13-24(41)32(44)17(2)50-26)9-10-38(39,15-16)54-29-12-23(40(5)6)37(19(4)52-29)53-28-14-25(42)33(45)18(3)51-28/h7-10,16-19,23-26,28-29,32-33,37,41-42,44-46,49H,11-15H2,1-6H3/t16?,17-,18-,19+,23+,24-,25-,26-,28-,29+,32-,33+,37-,38?,39?/m1/s1. The first-order valence-corrected chi connectivity index (χ1v) is 18.7. The largest absolute Gasteiger partial charge is 0.507 e. The van der Waals surface area contributed by atoms with E-state index in [1.165, 1.54) is 24.3 Å². The van der Waals surface area contributed by atoms with Crippen LogP contribution in [0.25, 0.3) is 0 Å². The predicted molar refractivity (Wildman–Crippen MR) is 187 cm³/mol. The van der Waals surface area contributed by atoms with Crippen molar-refractivity contribution in [3.05, 3.63) is 52.1 Å². The summed E-state index contributed by atoms with van der Waals surface area (Å²) in [7, 11) is 3.71. The number of aromatic hydroxyl groups is 1. The van der Waals surface area contributed by atoms with Crippen LogP contribution < -0.4 is 0 Å². The molecular weight excluding hydrogens is 706 g/mol. The first-order chi connectivity index (χ1) is 25.4. The molecule has 3 aliphatic carbocycles. The number of phenols is 1. The third-order valence-electron chi connectivity index (χ3n) is 12.2. The van der Waals surface area contributed by atoms with Crippen LogP contribution in [0.3, 0.4) is 0 Å². The fourth-order valence-electron chi connectivity index (χ4n) is 9.27. The van der Waals surface area contributed by atoms with Gasteiger partial charge in [0.25, 0.3) is 0 Å². The molecule has 15 heteroatoms. The highest BCUT2D eigenvalue weighted by molar-refractivity contribution is 6.31. The van der Waals surface area contributed by atoms with Crippen LogP contribution >= 0.6 is 0 Å². The number of ketones is 3. The molecule has 3 aliphatic heterocycles. The highest BCUT2D eigenvalue weighted by Crippen LogP contribution is 2.53. The maximum atomic E-state index is 14.5. The Kier molecular flexibility index (Phi) is 10.4. The monoisotopic (exact) mass is 757 g/mol. The Morgan fingerprint density at radius 2 is 1.48 bits per heavy atom. The number of benzene rings is 1. The molecule has 4 fully saturated rings. The summed E-state index contributed by atoms with van der Waals surface area (Å²) in [6, 6.07) is 2.40. The highest BCUT2D eigenvalue weighted by Gasteiger charge is 2.66. The van der Waals surface area contributed by atoms with Gasteiger partial charge in [-0.2, -0.15) is 0 Å². The fraction of sp³-hybridized carbons (Fsp3) is 0.667. The molecule has 296 valence electrons. The first kappa shape index (κ1) is 39.3. The third kappa shape index (κ3) is 6.22. The van der Waals surface area contributed by atoms with Crippen LogP contribution in [0.15, 0.2) is 35.4 Å². The van der Waals surface area contributed by atoms with Crippen molar-refractivity contribution in [3.63, 3.8) is 0 Å². The van der Waals surface area contributed by atoms with Crippen molar-refractivity contribution >= 4 is 17.3 Å². The van der Waals surface area contributed by atoms with Crippen molar-refractivity contribution < 1.29 is 68.7 Å². The number of carbonyl (C=O) groups excluding carboxylic acids is 3. The zero-order valence-electron chi connectivity index (χ0n) is 31.2. The number of hydrogen-bond donors (Lipinski definition) is 6. The number of carbonyl (C=O) groups is 3. The fourth-order valence-corrected chi connectivity index (χ4v) is 9.27. The van der Waals surface area contributed by atoms with Crippen molar-refractivity contribution in [1.82, 2.24) is 4.90 Å². The zero-order chi connectivity index (χ0) is 39.2. The van der Waals surface area contributed by atoms with Gasteiger partial charge in [0.15, 0.2) is 35.5 Å². The van der Waals surface area contributed by atoms with E-state index in [1.807, 2.05) is 25.9 Å². The Bertz CT molecular complexity index is 1740. The van der Waals surface area contributed by atoms with Gasteiger partial charge < -0.3 is 59.2 Å². The predicted octanol–water partition coefficient (Wildman–Crippen LogP) is 1.00. The van der Waals surface area contributed by atoms with Crippen molar-refractivity contribution in [1.29, 1.82) is 0 Å². The Balaban J connectivity index is 1.19. The Labute approximate surface area is 313 Å². The smallest absolute Gasteiger partial charge is 0.198 e. The number of rotatable bonds is 6. The molecule has 0 aromatic heterocycles. The van der Waals surface area contributed by atoms with Gasteiger partial charge in [-0.3, -0.25) is 14.4 Å². The van der Waals surface area contributed by atoms with Gasteiger partial charge >= 0.3 is 0 Å². The molecule has 0 radical (unpaired) electrons. The minimum Gasteiger partial charge on any atom is -0.507 e. The lowest BCUT2D eigenvalue weighted by Gasteiger charge is -2.54. The molecule has 0 amide bonds. The van der Waals surface area contributed by atoms with E-state index in [-0.39, 0.29) is 66.3 Å². The number of fused-ring (bicyclic) bond motifs is 3. The number of nitrogens with zero attached hydrogens (tertiary/aromatic N) is 1. The number of phenolic OH excluding ortho intramolecular Hbond substituents is 1. The number of hydrogen-bond acceptors (Lipinski definition) is 15. The summed E-state index contributed by atoms with van der Waals surface area (Å²) in [5, 5.41) is 65.2. The van der Waals surface area contributed by atoms with E-state index >= 15 is 0 Å². The number of aliphatic hydroxyl groups excluding tert-OH is 4. The molecule has 6 N–H and O–H groups in total. The molecule has 3 saturated heterocycles. The Morgan fingerprint density at radius 1 is 0.833 bits per heavy atom. The van der Waals surface area contributed by atoms with Crippen LogP contribution in [0.5, 0.6) is 5.75 Å². The van der Waals surface area contributed by atoms with Gasteiger partial charge in [0.2, 0.25) is 0 Å². The van der Waals surface area contributed by atoms with Gasteiger partial charge in [-0.25, -0.2) is 0 Å². The third-order valence-corrected chi connectivity index (χ3v) is 12.2. The molecule has 0 spiro atoms. The summed E-state index contributed by atoms with van der Waals surface area (Å²) in [5.41, 5.74) is -5.43. The Hall–Kier alpha value is -2.93. The molecule has 15 atom stereocenters. The molecule has 15 nitrogen and oxygen atoms in total. The number of aliphatic hydroxyl groups is 5. The van der Waals surface area contributed by atoms with E-state index in [4.69, 9.17) is 23.7 Å². The minimum atomic E-state index is -2.58. The van der Waals surface area contributed by atoms with Gasteiger partial charge in [-0.1, -0.05) is 19.1 Å². The Morgan fingerprint density at radius 3 is 2.13 bits per heavy atom. The van der Waals surface area contributed by atoms with Gasteiger partial charge in [0, 0.05) is 48.4 Å². The molecule has 0 bridgehead atoms. The van der Waals surface area contributed by atoms with Gasteiger partial charge in [-0.05, 0) is 59.3 Å². The van der Waals surface area contributed by atoms with Crippen molar-refractivity contribution in [2.24, 2.45) is 5.92 Å². The molecule has 3 unspecified atom stereocenters. The van der Waals surface area contributed by atoms with E-state index in [1.54, 1.807) is 20.8 Å². The second kappa shape index (κ2) is 14.2. The van der Waals surface area contributed by atoms with Crippen LogP contribution in [0.1, 0.15) is 92.2 Å². The lowest BCUT2D eigenvalue weighted by Crippen LogP contribution is -2.69. The van der Waals surface area contributed by atoms with Crippen LogP contribution in [-0.4, -0.2) is 146 Å². The van der Waals surface area contributed by atoms with Crippen LogP contribution in [0, 0.1) is 5.92 Å². The second-order valence-electron chi connectivity index (χ2n) is 16.2. The first-order valence-electron chi connectivity index (χ1n) is 18.7. The number of Topliss-reactive ketones (excluding diaryl/α,β-unsaturated/α-hetero) is 3. The molecule has 7 rings (SSSR count). The average Bonchev–Trinajstić information content (AvgIpc) is 3.09. The van der Waals surface area contributed by atoms with Crippen LogP contribution in [-0.2, 0) is 28.5 Å². The van der Waals surface area contributed by atoms with E-state index in [0.29, 0.717) is 0 Å². The summed E-state index contributed by atoms with van der Waals surface area (Å²) in [5.74, 6) is -3.09. The normalized spacial score (nSPS) is 43.9. The topological polar surface area (TPSA) is 222 Å². The minimum absolute atomic E-state index is 0.0585. The molecule has 3 heterocycles. The van der Waals surface area contributed by atoms with Crippen LogP contribution in [0.2, 0.25) is 0 Å². The van der Waals surface area contributed by atoms with Crippen LogP contribution in [0.4, 0.5) is 0 Å². The zero-order valence-corrected chi connectivity index (χ0v) is 31.2. The summed E-state index contributed by atoms with van der Waals surface area (Å²) in [6.07, 6.45) is -6.65. The van der Waals surface area contributed by atoms with E-state index in [2.05, 4.69) is 0 Å². The quantitative estimate of drug-likeness (QED) is 0.238. The number of likely N-dealkylation sites (N-methyl/N-ethyl adjacent to an activating group) is 1. The molecule has 1 saturated carbocycles.